The predicted octanol–water partition coefficient (Wildman–Crippen LogP) is -12.3. The summed E-state index contributed by atoms with van der Waals surface area (Å²) in [6, 6.07) is 0. The molecular formula is C12H20BiK3O17. The van der Waals surface area contributed by atoms with E-state index in [1.165, 1.54) is 0 Å². The van der Waals surface area contributed by atoms with E-state index in [9.17, 15) is 28.8 Å². The quantitative estimate of drug-likeness (QED) is 0.0933. The molecule has 0 aliphatic heterocycles. The predicted molar refractivity (Wildman–Crippen MR) is 86.9 cm³/mol. The van der Waals surface area contributed by atoms with Crippen molar-refractivity contribution in [1.82, 2.24) is 0 Å². The summed E-state index contributed by atoms with van der Waals surface area (Å²) < 4.78 is 24.6. The molecule has 17 nitrogen and oxygen atoms in total. The van der Waals surface area contributed by atoms with Gasteiger partial charge in [0.05, 0.1) is 25.7 Å². The minimum absolute atomic E-state index is 0. The molecule has 0 aromatic carbocycles. The van der Waals surface area contributed by atoms with Crippen LogP contribution in [-0.2, 0) is 34.4 Å². The molecule has 0 bridgehead atoms. The van der Waals surface area contributed by atoms with Crippen LogP contribution in [-0.4, -0.2) is 113 Å². The summed E-state index contributed by atoms with van der Waals surface area (Å²) >= 11 is -4.09. The molecule has 0 aromatic heterocycles. The Morgan fingerprint density at radius 2 is 0.667 bits per heavy atom. The first kappa shape index (κ1) is 48.2. The van der Waals surface area contributed by atoms with E-state index >= 15 is 0 Å². The molecule has 0 aromatic rings. The third-order valence-corrected chi connectivity index (χ3v) is 2.57. The van der Waals surface area contributed by atoms with Gasteiger partial charge in [0, 0.05) is 0 Å². The van der Waals surface area contributed by atoms with Gasteiger partial charge < -0.3 is 45.1 Å². The Balaban J connectivity index is -0.0000000439. The number of carboxylic acids is 6. The molecule has 0 unspecified atom stereocenters. The molecule has 178 valence electrons. The summed E-state index contributed by atoms with van der Waals surface area (Å²) in [5, 5.41) is 67.6. The molecule has 0 saturated carbocycles. The van der Waals surface area contributed by atoms with E-state index in [1.54, 1.807) is 0 Å². The van der Waals surface area contributed by atoms with Crippen molar-refractivity contribution >= 4 is 58.0 Å². The fourth-order valence-electron chi connectivity index (χ4n) is 1.43. The second-order valence-corrected chi connectivity index (χ2v) is 7.04. The molecule has 0 fully saturated rings. The Kier molecular flexibility index (Phi) is 35.7. The maximum atomic E-state index is 10.3. The topological polar surface area (TPSA) is 319 Å². The van der Waals surface area contributed by atoms with Gasteiger partial charge in [-0.1, -0.05) is 0 Å². The molecule has 0 aliphatic carbocycles. The Morgan fingerprint density at radius 3 is 0.727 bits per heavy atom. The van der Waals surface area contributed by atoms with Crippen LogP contribution in [0.5, 0.6) is 0 Å². The molecule has 0 saturated heterocycles. The van der Waals surface area contributed by atoms with Gasteiger partial charge in [-0.2, -0.15) is 0 Å². The summed E-state index contributed by atoms with van der Waals surface area (Å²) in [5.74, 6) is -10.0. The first-order chi connectivity index (χ1) is 13.3. The first-order valence-corrected chi connectivity index (χ1v) is 11.3. The van der Waals surface area contributed by atoms with Crippen LogP contribution < -0.4 is 154 Å². The van der Waals surface area contributed by atoms with Crippen LogP contribution >= 0.6 is 0 Å². The number of aliphatic carboxylic acids is 6. The fraction of sp³-hybridized carbons (Fsp3) is 0.500. The molecule has 0 heterocycles. The standard InChI is InChI=1S/2C6H8O7.Bi.3K.H2O.2O.3H/c2*7-3(8)1-6(13,5(11)12)2-4(9)10;;;;;;;;;;/h2*13H,1-2H2,(H,7,8)(H,9,10)(H,11,12);;;;;1H2;;;;;/q;;4*+1;;;;3*-1/p-1. The van der Waals surface area contributed by atoms with Crippen molar-refractivity contribution in [1.29, 1.82) is 0 Å². The molecule has 0 radical (unpaired) electrons. The zero-order valence-corrected chi connectivity index (χ0v) is 30.4. The summed E-state index contributed by atoms with van der Waals surface area (Å²) in [6.07, 6.45) is -4.58. The Morgan fingerprint density at radius 1 is 0.545 bits per heavy atom. The van der Waals surface area contributed by atoms with E-state index < -0.39 is 94.9 Å². The number of rotatable bonds is 10. The molecular weight excluding hydrogens is 742 g/mol. The van der Waals surface area contributed by atoms with Gasteiger partial charge in [0.1, 0.15) is 0 Å². The van der Waals surface area contributed by atoms with E-state index in [-0.39, 0.29) is 158 Å². The van der Waals surface area contributed by atoms with Crippen LogP contribution in [0.1, 0.15) is 30.0 Å². The van der Waals surface area contributed by atoms with Crippen molar-refractivity contribution in [2.45, 2.75) is 36.9 Å². The van der Waals surface area contributed by atoms with Crippen molar-refractivity contribution in [2.24, 2.45) is 0 Å². The average Bonchev–Trinajstić information content (AvgIpc) is 2.43. The molecule has 0 atom stereocenters. The second kappa shape index (κ2) is 24.4. The monoisotopic (exact) mass is 762 g/mol. The zero-order valence-electron chi connectivity index (χ0n) is 20.6. The molecule has 0 rings (SSSR count). The summed E-state index contributed by atoms with van der Waals surface area (Å²) in [7, 11) is 0. The van der Waals surface area contributed by atoms with Gasteiger partial charge >= 0.3 is 221 Å². The number of hydrogen-bond acceptors (Lipinski definition) is 10. The summed E-state index contributed by atoms with van der Waals surface area (Å²) in [4.78, 5) is 61.0. The van der Waals surface area contributed by atoms with Gasteiger partial charge in [0.2, 0.25) is 0 Å². The maximum absolute atomic E-state index is 10.3. The molecule has 9 N–H and O–H groups in total. The Bertz CT molecular complexity index is 672. The Labute approximate surface area is 324 Å². The average molecular weight is 763 g/mol. The third kappa shape index (κ3) is 30.2. The third-order valence-electron chi connectivity index (χ3n) is 2.57. The van der Waals surface area contributed by atoms with Gasteiger partial charge in [-0.3, -0.25) is 19.2 Å². The van der Waals surface area contributed by atoms with Crippen molar-refractivity contribution in [3.63, 3.8) is 0 Å². The molecule has 33 heavy (non-hydrogen) atoms. The van der Waals surface area contributed by atoms with Crippen molar-refractivity contribution in [2.75, 3.05) is 0 Å². The van der Waals surface area contributed by atoms with E-state index in [4.69, 9.17) is 49.7 Å². The van der Waals surface area contributed by atoms with Crippen LogP contribution in [0.25, 0.3) is 0 Å². The second-order valence-electron chi connectivity index (χ2n) is 5.19. The molecule has 21 heteroatoms. The van der Waals surface area contributed by atoms with E-state index in [2.05, 4.69) is 0 Å². The summed E-state index contributed by atoms with van der Waals surface area (Å²) in [6.45, 7) is 0. The molecule has 0 spiro atoms. The zero-order chi connectivity index (χ0) is 24.9. The molecule has 0 aliphatic rings. The molecule has 0 amide bonds. The van der Waals surface area contributed by atoms with Crippen LogP contribution in [0.2, 0.25) is 0 Å². The first-order valence-electron chi connectivity index (χ1n) is 6.91. The number of hydrogen-bond donors (Lipinski definition) is 9. The van der Waals surface area contributed by atoms with Gasteiger partial charge in [-0.15, -0.1) is 0 Å². The normalized spacial score (nSPS) is 9.30. The minimum atomic E-state index is -4.09. The van der Waals surface area contributed by atoms with Crippen LogP contribution in [0.3, 0.4) is 0 Å². The van der Waals surface area contributed by atoms with Crippen molar-refractivity contribution < 1.29 is 237 Å². The number of carbonyl (C=O) groups is 6. The van der Waals surface area contributed by atoms with E-state index in [0.29, 0.717) is 0 Å². The van der Waals surface area contributed by atoms with Crippen LogP contribution in [0, 0.1) is 0 Å². The summed E-state index contributed by atoms with van der Waals surface area (Å²) in [5.41, 5.74) is -5.48. The Hall–Kier alpha value is 2.09. The van der Waals surface area contributed by atoms with Gasteiger partial charge in [-0.05, 0) is 0 Å². The van der Waals surface area contributed by atoms with Crippen LogP contribution in [0.4, 0.5) is 0 Å². The van der Waals surface area contributed by atoms with Crippen molar-refractivity contribution in [3.8, 4) is 0 Å². The van der Waals surface area contributed by atoms with Crippen LogP contribution in [0.15, 0.2) is 0 Å². The van der Waals surface area contributed by atoms with Crippen molar-refractivity contribution in [3.05, 3.63) is 0 Å². The fourth-order valence-corrected chi connectivity index (χ4v) is 1.43. The number of carboxylic acid groups (broad SMARTS) is 6. The van der Waals surface area contributed by atoms with E-state index in [1.807, 2.05) is 0 Å². The van der Waals surface area contributed by atoms with Gasteiger partial charge in [0.15, 0.2) is 11.2 Å². The van der Waals surface area contributed by atoms with E-state index in [0.717, 1.165) is 0 Å². The number of aliphatic hydroxyl groups is 2. The SMILES string of the molecule is O=C(O)CC(O)(CC(=O)O)C(=O)O.O=C(O)CC(O)(CC(=O)O)C(=O)O.[H-].[H-].[H-].[K+].[K+].[K+].[O]=[Bi](=[O])[OH]. The van der Waals surface area contributed by atoms with Gasteiger partial charge in [-0.25, -0.2) is 9.59 Å². The van der Waals surface area contributed by atoms with Gasteiger partial charge in [0.25, 0.3) is 0 Å².